The maximum atomic E-state index is 6.29. The highest BCUT2D eigenvalue weighted by atomic mass is 28.4. The molecule has 2 aromatic carbocycles. The van der Waals surface area contributed by atoms with E-state index in [0.717, 1.165) is 0 Å². The number of allylic oxidation sites excluding steroid dienone is 1. The first-order valence-corrected chi connectivity index (χ1v) is 9.04. The smallest absolute Gasteiger partial charge is 0.253 e. The predicted molar refractivity (Wildman–Crippen MR) is 84.5 cm³/mol. The van der Waals surface area contributed by atoms with Crippen LogP contribution in [0, 0.1) is 0 Å². The molecule has 1 nitrogen and oxygen atoms in total. The Kier molecular flexibility index (Phi) is 4.72. The van der Waals surface area contributed by atoms with Gasteiger partial charge >= 0.3 is 0 Å². The van der Waals surface area contributed by atoms with Gasteiger partial charge in [-0.3, -0.25) is 0 Å². The van der Waals surface area contributed by atoms with Crippen LogP contribution in [0.15, 0.2) is 72.8 Å². The second kappa shape index (κ2) is 6.50. The molecule has 0 aliphatic rings. The Bertz CT molecular complexity index is 480. The summed E-state index contributed by atoms with van der Waals surface area (Å²) in [6.45, 7) is 4.96. The van der Waals surface area contributed by atoms with Crippen molar-refractivity contribution in [1.82, 2.24) is 0 Å². The first-order valence-electron chi connectivity index (χ1n) is 6.63. The third-order valence-electron chi connectivity index (χ3n) is 3.35. The molecule has 0 unspecified atom stereocenters. The van der Waals surface area contributed by atoms with Gasteiger partial charge in [0.2, 0.25) is 0 Å². The monoisotopic (exact) mass is 268 g/mol. The molecular formula is C17H20OSi. The average molecular weight is 268 g/mol. The van der Waals surface area contributed by atoms with Crippen LogP contribution in [0.1, 0.15) is 6.92 Å². The van der Waals surface area contributed by atoms with E-state index in [-0.39, 0.29) is 0 Å². The first-order chi connectivity index (χ1) is 9.27. The van der Waals surface area contributed by atoms with E-state index in [2.05, 4.69) is 73.3 Å². The SMILES string of the molecule is CC=CCO[Si](C)(c1ccccc1)c1ccccc1. The molecule has 0 amide bonds. The number of hydrogen-bond acceptors (Lipinski definition) is 1. The molecule has 19 heavy (non-hydrogen) atoms. The van der Waals surface area contributed by atoms with Gasteiger partial charge in [-0.2, -0.15) is 0 Å². The lowest BCUT2D eigenvalue weighted by molar-refractivity contribution is 0.367. The lowest BCUT2D eigenvalue weighted by Crippen LogP contribution is -2.58. The molecule has 0 aliphatic heterocycles. The van der Waals surface area contributed by atoms with Crippen molar-refractivity contribution >= 4 is 18.7 Å². The van der Waals surface area contributed by atoms with Crippen molar-refractivity contribution in [2.75, 3.05) is 6.61 Å². The average Bonchev–Trinajstić information content (AvgIpc) is 2.49. The van der Waals surface area contributed by atoms with E-state index in [1.807, 2.05) is 13.0 Å². The maximum absolute atomic E-state index is 6.29. The fourth-order valence-electron chi connectivity index (χ4n) is 2.16. The Morgan fingerprint density at radius 2 is 1.37 bits per heavy atom. The fourth-order valence-corrected chi connectivity index (χ4v) is 4.91. The topological polar surface area (TPSA) is 9.23 Å². The molecule has 2 aromatic rings. The van der Waals surface area contributed by atoms with Crippen molar-refractivity contribution in [3.05, 3.63) is 72.8 Å². The summed E-state index contributed by atoms with van der Waals surface area (Å²) >= 11 is 0. The van der Waals surface area contributed by atoms with Crippen molar-refractivity contribution in [1.29, 1.82) is 0 Å². The number of hydrogen-bond donors (Lipinski definition) is 0. The van der Waals surface area contributed by atoms with Gasteiger partial charge in [-0.15, -0.1) is 0 Å². The van der Waals surface area contributed by atoms with Gasteiger partial charge < -0.3 is 4.43 Å². The molecule has 98 valence electrons. The molecule has 0 radical (unpaired) electrons. The highest BCUT2D eigenvalue weighted by Gasteiger charge is 2.33. The van der Waals surface area contributed by atoms with E-state index in [9.17, 15) is 0 Å². The van der Waals surface area contributed by atoms with Gasteiger partial charge in [0.1, 0.15) is 0 Å². The van der Waals surface area contributed by atoms with E-state index in [0.29, 0.717) is 6.61 Å². The van der Waals surface area contributed by atoms with E-state index >= 15 is 0 Å². The number of rotatable bonds is 5. The minimum Gasteiger partial charge on any atom is -0.405 e. The van der Waals surface area contributed by atoms with Crippen molar-refractivity contribution in [3.8, 4) is 0 Å². The molecule has 0 bridgehead atoms. The molecule has 0 aromatic heterocycles. The van der Waals surface area contributed by atoms with Crippen LogP contribution >= 0.6 is 0 Å². The van der Waals surface area contributed by atoms with Gasteiger partial charge in [0.05, 0.1) is 6.61 Å². The van der Waals surface area contributed by atoms with Crippen LogP contribution in [0.5, 0.6) is 0 Å². The molecule has 0 saturated carbocycles. The zero-order chi connectivity index (χ0) is 13.6. The zero-order valence-electron chi connectivity index (χ0n) is 11.5. The Morgan fingerprint density at radius 3 is 1.79 bits per heavy atom. The Balaban J connectivity index is 2.38. The van der Waals surface area contributed by atoms with Gasteiger partial charge in [-0.05, 0) is 23.8 Å². The van der Waals surface area contributed by atoms with Gasteiger partial charge in [-0.1, -0.05) is 72.8 Å². The Labute approximate surface area is 116 Å². The van der Waals surface area contributed by atoms with Crippen LogP contribution in [0.2, 0.25) is 6.55 Å². The molecule has 0 aliphatic carbocycles. The highest BCUT2D eigenvalue weighted by Crippen LogP contribution is 2.07. The summed E-state index contributed by atoms with van der Waals surface area (Å²) in [7, 11) is -2.09. The second-order valence-corrected chi connectivity index (χ2v) is 8.16. The van der Waals surface area contributed by atoms with Crippen LogP contribution < -0.4 is 10.4 Å². The Hall–Kier alpha value is -1.64. The summed E-state index contributed by atoms with van der Waals surface area (Å²) < 4.78 is 6.29. The Morgan fingerprint density at radius 1 is 0.895 bits per heavy atom. The normalized spacial score (nSPS) is 11.9. The molecule has 0 spiro atoms. The molecule has 0 N–H and O–H groups in total. The summed E-state index contributed by atoms with van der Waals surface area (Å²) in [5.41, 5.74) is 0. The quantitative estimate of drug-likeness (QED) is 0.598. The molecule has 0 saturated heterocycles. The molecular weight excluding hydrogens is 248 g/mol. The van der Waals surface area contributed by atoms with Gasteiger partial charge in [0.15, 0.2) is 0 Å². The van der Waals surface area contributed by atoms with Gasteiger partial charge in [0, 0.05) is 0 Å². The van der Waals surface area contributed by atoms with E-state index in [4.69, 9.17) is 4.43 Å². The van der Waals surface area contributed by atoms with Crippen LogP contribution in [-0.2, 0) is 4.43 Å². The van der Waals surface area contributed by atoms with Crippen molar-refractivity contribution in [2.45, 2.75) is 13.5 Å². The molecule has 2 rings (SSSR count). The first kappa shape index (κ1) is 13.8. The summed E-state index contributed by atoms with van der Waals surface area (Å²) in [6, 6.07) is 21.1. The van der Waals surface area contributed by atoms with E-state index in [1.54, 1.807) is 0 Å². The van der Waals surface area contributed by atoms with Crippen LogP contribution in [0.25, 0.3) is 0 Å². The minimum absolute atomic E-state index is 0.670. The molecule has 0 atom stereocenters. The van der Waals surface area contributed by atoms with Crippen LogP contribution in [-0.4, -0.2) is 14.9 Å². The third kappa shape index (κ3) is 3.22. The lowest BCUT2D eigenvalue weighted by atomic mass is 10.4. The summed E-state index contributed by atoms with van der Waals surface area (Å²) in [5.74, 6) is 0. The third-order valence-corrected chi connectivity index (χ3v) is 6.97. The summed E-state index contributed by atoms with van der Waals surface area (Å²) in [6.07, 6.45) is 4.10. The van der Waals surface area contributed by atoms with E-state index in [1.165, 1.54) is 10.4 Å². The van der Waals surface area contributed by atoms with Gasteiger partial charge in [0.25, 0.3) is 8.32 Å². The van der Waals surface area contributed by atoms with Crippen molar-refractivity contribution in [3.63, 3.8) is 0 Å². The minimum atomic E-state index is -2.09. The number of benzene rings is 2. The standard InChI is InChI=1S/C17H20OSi/c1-3-4-15-18-19(2,16-11-7-5-8-12-16)17-13-9-6-10-14-17/h3-14H,15H2,1-2H3. The largest absolute Gasteiger partial charge is 0.405 e. The zero-order valence-corrected chi connectivity index (χ0v) is 12.5. The van der Waals surface area contributed by atoms with Crippen molar-refractivity contribution < 1.29 is 4.43 Å². The second-order valence-electron chi connectivity index (χ2n) is 4.65. The molecule has 0 heterocycles. The van der Waals surface area contributed by atoms with Crippen LogP contribution in [0.4, 0.5) is 0 Å². The maximum Gasteiger partial charge on any atom is 0.253 e. The predicted octanol–water partition coefficient (Wildman–Crippen LogP) is 2.97. The van der Waals surface area contributed by atoms with E-state index < -0.39 is 8.32 Å². The van der Waals surface area contributed by atoms with Crippen LogP contribution in [0.3, 0.4) is 0 Å². The fraction of sp³-hybridized carbons (Fsp3) is 0.176. The highest BCUT2D eigenvalue weighted by molar-refractivity contribution is 6.96. The molecule has 0 fully saturated rings. The summed E-state index contributed by atoms with van der Waals surface area (Å²) in [5, 5.41) is 2.62. The molecule has 2 heteroatoms. The van der Waals surface area contributed by atoms with Crippen molar-refractivity contribution in [2.24, 2.45) is 0 Å². The summed E-state index contributed by atoms with van der Waals surface area (Å²) in [4.78, 5) is 0. The van der Waals surface area contributed by atoms with Gasteiger partial charge in [-0.25, -0.2) is 0 Å². The lowest BCUT2D eigenvalue weighted by Gasteiger charge is -2.28.